The van der Waals surface area contributed by atoms with Crippen LogP contribution in [0.15, 0.2) is 0 Å². The molecule has 2 aliphatic rings. The van der Waals surface area contributed by atoms with Crippen LogP contribution in [0.5, 0.6) is 0 Å². The Morgan fingerprint density at radius 1 is 1.38 bits per heavy atom. The zero-order valence-electron chi connectivity index (χ0n) is 9.13. The van der Waals surface area contributed by atoms with Gasteiger partial charge in [-0.2, -0.15) is 12.6 Å². The van der Waals surface area contributed by atoms with Crippen molar-refractivity contribution in [3.05, 3.63) is 0 Å². The summed E-state index contributed by atoms with van der Waals surface area (Å²) in [5, 5.41) is 9.32. The first-order valence-electron chi connectivity index (χ1n) is 5.63. The van der Waals surface area contributed by atoms with Gasteiger partial charge in [0.05, 0.1) is 18.4 Å². The Hall–Kier alpha value is -0.710. The van der Waals surface area contributed by atoms with Crippen molar-refractivity contribution in [2.45, 2.75) is 25.0 Å². The van der Waals surface area contributed by atoms with Gasteiger partial charge in [0.15, 0.2) is 0 Å². The van der Waals surface area contributed by atoms with Gasteiger partial charge in [-0.1, -0.05) is 0 Å². The predicted molar refractivity (Wildman–Crippen MR) is 60.2 cm³/mol. The number of esters is 1. The fraction of sp³-hybridized carbons (Fsp3) is 0.818. The van der Waals surface area contributed by atoms with E-state index in [0.29, 0.717) is 6.61 Å². The number of carboxylic acids is 1. The summed E-state index contributed by atoms with van der Waals surface area (Å²) in [5.74, 6) is -2.11. The Balaban J connectivity index is 2.19. The second-order valence-electron chi connectivity index (χ2n) is 4.60. The Kier molecular flexibility index (Phi) is 3.15. The molecule has 5 unspecified atom stereocenters. The van der Waals surface area contributed by atoms with Crippen LogP contribution in [0.1, 0.15) is 19.8 Å². The zero-order chi connectivity index (χ0) is 11.9. The molecule has 0 saturated heterocycles. The van der Waals surface area contributed by atoms with Crippen LogP contribution in [-0.4, -0.2) is 28.9 Å². The lowest BCUT2D eigenvalue weighted by Gasteiger charge is -2.29. The molecule has 2 aliphatic carbocycles. The molecule has 5 atom stereocenters. The molecule has 0 heterocycles. The third-order valence-corrected chi connectivity index (χ3v) is 4.41. The fourth-order valence-corrected chi connectivity index (χ4v) is 3.82. The molecule has 0 radical (unpaired) electrons. The average Bonchev–Trinajstić information content (AvgIpc) is 2.73. The molecule has 16 heavy (non-hydrogen) atoms. The van der Waals surface area contributed by atoms with Gasteiger partial charge in [0.25, 0.3) is 0 Å². The van der Waals surface area contributed by atoms with Crippen LogP contribution >= 0.6 is 12.6 Å². The van der Waals surface area contributed by atoms with E-state index in [2.05, 4.69) is 12.6 Å². The van der Waals surface area contributed by atoms with Gasteiger partial charge in [0, 0.05) is 5.25 Å². The van der Waals surface area contributed by atoms with Gasteiger partial charge in [-0.25, -0.2) is 0 Å². The molecule has 0 amide bonds. The number of ether oxygens (including phenoxy) is 1. The van der Waals surface area contributed by atoms with Crippen LogP contribution in [0.4, 0.5) is 0 Å². The molecule has 0 spiro atoms. The van der Waals surface area contributed by atoms with Crippen LogP contribution in [0.3, 0.4) is 0 Å². The Labute approximate surface area is 99.8 Å². The number of hydrogen-bond donors (Lipinski definition) is 2. The maximum absolute atomic E-state index is 11.8. The molecule has 2 rings (SSSR count). The molecule has 0 aromatic heterocycles. The molecule has 4 nitrogen and oxygen atoms in total. The van der Waals surface area contributed by atoms with Crippen molar-refractivity contribution in [2.75, 3.05) is 6.61 Å². The van der Waals surface area contributed by atoms with E-state index in [-0.39, 0.29) is 23.1 Å². The van der Waals surface area contributed by atoms with Crippen LogP contribution in [0, 0.1) is 23.7 Å². The quantitative estimate of drug-likeness (QED) is 0.578. The fourth-order valence-electron chi connectivity index (χ4n) is 3.24. The number of carbonyl (C=O) groups is 2. The Morgan fingerprint density at radius 2 is 2.06 bits per heavy atom. The summed E-state index contributed by atoms with van der Waals surface area (Å²) in [5.41, 5.74) is 0. The summed E-state index contributed by atoms with van der Waals surface area (Å²) in [6.45, 7) is 2.04. The molecule has 1 N–H and O–H groups in total. The maximum Gasteiger partial charge on any atom is 0.310 e. The van der Waals surface area contributed by atoms with Crippen LogP contribution in [-0.2, 0) is 14.3 Å². The first-order chi connectivity index (χ1) is 7.56. The first kappa shape index (κ1) is 11.8. The summed E-state index contributed by atoms with van der Waals surface area (Å²) in [4.78, 5) is 23.0. The largest absolute Gasteiger partial charge is 0.481 e. The van der Waals surface area contributed by atoms with Crippen molar-refractivity contribution in [3.8, 4) is 0 Å². The number of rotatable bonds is 3. The van der Waals surface area contributed by atoms with Crippen LogP contribution < -0.4 is 0 Å². The molecule has 0 aromatic carbocycles. The molecule has 0 aliphatic heterocycles. The van der Waals surface area contributed by atoms with E-state index in [1.807, 2.05) is 0 Å². The predicted octanol–water partition coefficient (Wildman–Crippen LogP) is 1.20. The van der Waals surface area contributed by atoms with Crippen LogP contribution in [0.25, 0.3) is 0 Å². The van der Waals surface area contributed by atoms with Crippen molar-refractivity contribution < 1.29 is 19.4 Å². The molecule has 2 saturated carbocycles. The summed E-state index contributed by atoms with van der Waals surface area (Å²) >= 11 is 4.43. The third-order valence-electron chi connectivity index (χ3n) is 3.81. The first-order valence-corrected chi connectivity index (χ1v) is 6.15. The van der Waals surface area contributed by atoms with Gasteiger partial charge in [0.1, 0.15) is 0 Å². The zero-order valence-corrected chi connectivity index (χ0v) is 10.0. The minimum absolute atomic E-state index is 0.0773. The van der Waals surface area contributed by atoms with Gasteiger partial charge in [-0.3, -0.25) is 9.59 Å². The second-order valence-corrected chi connectivity index (χ2v) is 5.27. The summed E-state index contributed by atoms with van der Waals surface area (Å²) < 4.78 is 4.97. The van der Waals surface area contributed by atoms with Crippen molar-refractivity contribution in [1.82, 2.24) is 0 Å². The smallest absolute Gasteiger partial charge is 0.310 e. The highest BCUT2D eigenvalue weighted by Crippen LogP contribution is 2.54. The lowest BCUT2D eigenvalue weighted by molar-refractivity contribution is -0.159. The molecular formula is C11H16O4S. The number of hydrogen-bond acceptors (Lipinski definition) is 4. The van der Waals surface area contributed by atoms with Crippen molar-refractivity contribution in [2.24, 2.45) is 23.7 Å². The standard InChI is InChI=1S/C11H16O4S/c1-2-15-11(14)9-6-3-5(4-7(6)16)8(9)10(12)13/h5-9,16H,2-4H2,1H3,(H,12,13). The number of aliphatic carboxylic acids is 1. The second kappa shape index (κ2) is 4.28. The minimum Gasteiger partial charge on any atom is -0.481 e. The van der Waals surface area contributed by atoms with E-state index in [1.54, 1.807) is 6.92 Å². The third kappa shape index (κ3) is 1.71. The Morgan fingerprint density at radius 3 is 2.62 bits per heavy atom. The van der Waals surface area contributed by atoms with Crippen molar-refractivity contribution in [1.29, 1.82) is 0 Å². The monoisotopic (exact) mass is 244 g/mol. The van der Waals surface area contributed by atoms with E-state index in [4.69, 9.17) is 4.74 Å². The minimum atomic E-state index is -0.870. The van der Waals surface area contributed by atoms with Gasteiger partial charge in [-0.05, 0) is 31.6 Å². The molecule has 2 fully saturated rings. The highest BCUT2D eigenvalue weighted by Gasteiger charge is 2.57. The van der Waals surface area contributed by atoms with E-state index in [0.717, 1.165) is 12.8 Å². The van der Waals surface area contributed by atoms with Gasteiger partial charge in [0.2, 0.25) is 0 Å². The molecule has 2 bridgehead atoms. The number of thiol groups is 1. The number of fused-ring (bicyclic) bond motifs is 2. The molecule has 0 aromatic rings. The topological polar surface area (TPSA) is 63.6 Å². The van der Waals surface area contributed by atoms with Gasteiger partial charge < -0.3 is 9.84 Å². The van der Waals surface area contributed by atoms with E-state index in [1.165, 1.54) is 0 Å². The molecule has 5 heteroatoms. The highest BCUT2D eigenvalue weighted by molar-refractivity contribution is 7.81. The normalized spacial score (nSPS) is 41.0. The maximum atomic E-state index is 11.8. The lowest BCUT2D eigenvalue weighted by Crippen LogP contribution is -2.39. The summed E-state index contributed by atoms with van der Waals surface area (Å²) in [6.07, 6.45) is 1.61. The van der Waals surface area contributed by atoms with Crippen molar-refractivity contribution >= 4 is 24.6 Å². The summed E-state index contributed by atoms with van der Waals surface area (Å²) in [6, 6.07) is 0. The average molecular weight is 244 g/mol. The van der Waals surface area contributed by atoms with E-state index < -0.39 is 17.8 Å². The highest BCUT2D eigenvalue weighted by atomic mass is 32.1. The molecular weight excluding hydrogens is 228 g/mol. The Bertz CT molecular complexity index is 317. The number of carbonyl (C=O) groups excluding carboxylic acids is 1. The van der Waals surface area contributed by atoms with E-state index >= 15 is 0 Å². The van der Waals surface area contributed by atoms with Crippen molar-refractivity contribution in [3.63, 3.8) is 0 Å². The van der Waals surface area contributed by atoms with E-state index in [9.17, 15) is 14.7 Å². The number of carboxylic acid groups (broad SMARTS) is 1. The lowest BCUT2D eigenvalue weighted by atomic mass is 9.79. The SMILES string of the molecule is CCOC(=O)C1C2CC(CC2S)C1C(=O)O. The van der Waals surface area contributed by atoms with Crippen LogP contribution in [0.2, 0.25) is 0 Å². The van der Waals surface area contributed by atoms with Gasteiger partial charge >= 0.3 is 11.9 Å². The van der Waals surface area contributed by atoms with Gasteiger partial charge in [-0.15, -0.1) is 0 Å². The molecule has 90 valence electrons. The summed E-state index contributed by atoms with van der Waals surface area (Å²) in [7, 11) is 0.